The summed E-state index contributed by atoms with van der Waals surface area (Å²) in [5.74, 6) is 0.880. The van der Waals surface area contributed by atoms with Gasteiger partial charge in [-0.1, -0.05) is 30.6 Å². The topological polar surface area (TPSA) is 64.2 Å². The number of hydrogen-bond acceptors (Lipinski definition) is 4. The number of aromatic nitrogens is 3. The van der Waals surface area contributed by atoms with Gasteiger partial charge in [-0.3, -0.25) is 9.48 Å². The summed E-state index contributed by atoms with van der Waals surface area (Å²) in [6.07, 6.45) is 3.42. The van der Waals surface area contributed by atoms with E-state index < -0.39 is 0 Å². The first kappa shape index (κ1) is 15.1. The van der Waals surface area contributed by atoms with Crippen LogP contribution in [0.3, 0.4) is 0 Å². The minimum Gasteiger partial charge on any atom is -0.359 e. The molecule has 118 valence electrons. The van der Waals surface area contributed by atoms with Crippen molar-refractivity contribution >= 4 is 17.5 Å². The molecule has 0 radical (unpaired) electrons. The van der Waals surface area contributed by atoms with Gasteiger partial charge < -0.3 is 9.42 Å². The van der Waals surface area contributed by atoms with E-state index in [9.17, 15) is 4.79 Å². The largest absolute Gasteiger partial charge is 0.359 e. The lowest BCUT2D eigenvalue weighted by molar-refractivity contribution is 0.0708. The van der Waals surface area contributed by atoms with Gasteiger partial charge in [0.15, 0.2) is 11.5 Å². The Balaban J connectivity index is 1.86. The van der Waals surface area contributed by atoms with Crippen molar-refractivity contribution in [3.8, 4) is 0 Å². The summed E-state index contributed by atoms with van der Waals surface area (Å²) in [7, 11) is 1.75. The Morgan fingerprint density at radius 1 is 1.50 bits per heavy atom. The monoisotopic (exact) mass is 322 g/mol. The molecule has 1 fully saturated rings. The molecule has 1 aliphatic rings. The Hall–Kier alpha value is -1.82. The zero-order valence-electron chi connectivity index (χ0n) is 12.9. The zero-order chi connectivity index (χ0) is 15.9. The average Bonchev–Trinajstić information content (AvgIpc) is 3.15. The highest BCUT2D eigenvalue weighted by Crippen LogP contribution is 2.34. The first-order chi connectivity index (χ1) is 10.5. The number of hydrogen-bond donors (Lipinski definition) is 0. The van der Waals surface area contributed by atoms with Gasteiger partial charge in [0.1, 0.15) is 0 Å². The van der Waals surface area contributed by atoms with Crippen LogP contribution < -0.4 is 0 Å². The van der Waals surface area contributed by atoms with E-state index in [0.29, 0.717) is 23.2 Å². The zero-order valence-corrected chi connectivity index (χ0v) is 13.7. The number of amides is 1. The molecular formula is C15H19ClN4O2. The third-order valence-electron chi connectivity index (χ3n) is 3.97. The molecule has 6 nitrogen and oxygen atoms in total. The second-order valence-electron chi connectivity index (χ2n) is 5.96. The highest BCUT2D eigenvalue weighted by Gasteiger charge is 2.35. The molecule has 1 saturated heterocycles. The van der Waals surface area contributed by atoms with Crippen molar-refractivity contribution in [3.63, 3.8) is 0 Å². The van der Waals surface area contributed by atoms with Crippen LogP contribution in [0.1, 0.15) is 60.6 Å². The van der Waals surface area contributed by atoms with Gasteiger partial charge >= 0.3 is 0 Å². The van der Waals surface area contributed by atoms with Crippen molar-refractivity contribution < 1.29 is 9.32 Å². The van der Waals surface area contributed by atoms with E-state index >= 15 is 0 Å². The molecule has 0 unspecified atom stereocenters. The molecule has 0 aliphatic carbocycles. The van der Waals surface area contributed by atoms with E-state index in [0.717, 1.165) is 24.3 Å². The summed E-state index contributed by atoms with van der Waals surface area (Å²) in [6, 6.07) is 1.85. The highest BCUT2D eigenvalue weighted by molar-refractivity contribution is 6.33. The van der Waals surface area contributed by atoms with E-state index in [4.69, 9.17) is 16.1 Å². The Kier molecular flexibility index (Phi) is 3.95. The lowest BCUT2D eigenvalue weighted by Crippen LogP contribution is -2.31. The van der Waals surface area contributed by atoms with E-state index in [2.05, 4.69) is 24.1 Å². The van der Waals surface area contributed by atoms with Gasteiger partial charge in [-0.05, 0) is 18.8 Å². The number of likely N-dealkylation sites (tertiary alicyclic amines) is 1. The van der Waals surface area contributed by atoms with Crippen LogP contribution in [0.5, 0.6) is 0 Å². The van der Waals surface area contributed by atoms with Gasteiger partial charge in [0.05, 0.1) is 16.8 Å². The smallest absolute Gasteiger partial charge is 0.276 e. The molecule has 22 heavy (non-hydrogen) atoms. The van der Waals surface area contributed by atoms with Gasteiger partial charge in [0, 0.05) is 25.9 Å². The standard InChI is InChI=1S/C15H19ClN4O2/c1-9(2)11-7-13(22-18-11)12-5-4-6-20(12)15(21)14-10(16)8-19(3)17-14/h7-9,12H,4-6H2,1-3H3/t12-/m0/s1. The fraction of sp³-hybridized carbons (Fsp3) is 0.533. The molecule has 1 aliphatic heterocycles. The molecule has 0 saturated carbocycles. The molecule has 0 bridgehead atoms. The van der Waals surface area contributed by atoms with Crippen LogP contribution in [-0.2, 0) is 7.05 Å². The maximum absolute atomic E-state index is 12.7. The summed E-state index contributed by atoms with van der Waals surface area (Å²) < 4.78 is 7.01. The third-order valence-corrected chi connectivity index (χ3v) is 4.24. The summed E-state index contributed by atoms with van der Waals surface area (Å²) in [5.41, 5.74) is 1.20. The highest BCUT2D eigenvalue weighted by atomic mass is 35.5. The second kappa shape index (κ2) is 5.76. The summed E-state index contributed by atoms with van der Waals surface area (Å²) in [4.78, 5) is 14.5. The van der Waals surface area contributed by atoms with Crippen molar-refractivity contribution in [1.82, 2.24) is 19.8 Å². The molecule has 1 amide bonds. The number of halogens is 1. The van der Waals surface area contributed by atoms with E-state index in [-0.39, 0.29) is 11.9 Å². The second-order valence-corrected chi connectivity index (χ2v) is 6.37. The maximum Gasteiger partial charge on any atom is 0.276 e. The fourth-order valence-electron chi connectivity index (χ4n) is 2.78. The predicted molar refractivity (Wildman–Crippen MR) is 81.8 cm³/mol. The number of aryl methyl sites for hydroxylation is 1. The molecular weight excluding hydrogens is 304 g/mol. The number of nitrogens with zero attached hydrogens (tertiary/aromatic N) is 4. The minimum absolute atomic E-state index is 0.0921. The SMILES string of the molecule is CC(C)c1cc([C@@H]2CCCN2C(=O)c2nn(C)cc2Cl)on1. The molecule has 1 atom stereocenters. The normalized spacial score (nSPS) is 18.4. The summed E-state index contributed by atoms with van der Waals surface area (Å²) >= 11 is 6.09. The van der Waals surface area contributed by atoms with Crippen molar-refractivity contribution in [3.05, 3.63) is 34.4 Å². The van der Waals surface area contributed by atoms with Crippen LogP contribution in [0.25, 0.3) is 0 Å². The predicted octanol–water partition coefficient (Wildman–Crippen LogP) is 3.16. The molecule has 3 rings (SSSR count). The number of carbonyl (C=O) groups is 1. The molecule has 0 N–H and O–H groups in total. The van der Waals surface area contributed by atoms with Crippen molar-refractivity contribution in [2.45, 2.75) is 38.6 Å². The van der Waals surface area contributed by atoms with Crippen molar-refractivity contribution in [2.75, 3.05) is 6.54 Å². The lowest BCUT2D eigenvalue weighted by atomic mass is 10.1. The van der Waals surface area contributed by atoms with Crippen LogP contribution in [0.4, 0.5) is 0 Å². The summed E-state index contributed by atoms with van der Waals surface area (Å²) in [5, 5.41) is 8.63. The van der Waals surface area contributed by atoms with Crippen LogP contribution in [-0.4, -0.2) is 32.3 Å². The van der Waals surface area contributed by atoms with E-state index in [1.807, 2.05) is 6.07 Å². The molecule has 2 aromatic rings. The van der Waals surface area contributed by atoms with Crippen molar-refractivity contribution in [2.24, 2.45) is 7.05 Å². The fourth-order valence-corrected chi connectivity index (χ4v) is 3.04. The van der Waals surface area contributed by atoms with Gasteiger partial charge in [-0.15, -0.1) is 0 Å². The Labute approximate surface area is 134 Å². The van der Waals surface area contributed by atoms with Crippen molar-refractivity contribution in [1.29, 1.82) is 0 Å². The van der Waals surface area contributed by atoms with E-state index in [1.165, 1.54) is 0 Å². The molecule has 3 heterocycles. The first-order valence-corrected chi connectivity index (χ1v) is 7.81. The van der Waals surface area contributed by atoms with Gasteiger partial charge in [-0.2, -0.15) is 5.10 Å². The van der Waals surface area contributed by atoms with Crippen LogP contribution in [0.15, 0.2) is 16.8 Å². The Morgan fingerprint density at radius 2 is 2.27 bits per heavy atom. The van der Waals surface area contributed by atoms with Gasteiger partial charge in [0.25, 0.3) is 5.91 Å². The minimum atomic E-state index is -0.157. The average molecular weight is 323 g/mol. The number of rotatable bonds is 3. The van der Waals surface area contributed by atoms with Crippen LogP contribution >= 0.6 is 11.6 Å². The quantitative estimate of drug-likeness (QED) is 0.870. The van der Waals surface area contributed by atoms with E-state index in [1.54, 1.807) is 22.8 Å². The Morgan fingerprint density at radius 3 is 2.86 bits per heavy atom. The number of carbonyl (C=O) groups excluding carboxylic acids is 1. The molecule has 0 aromatic carbocycles. The van der Waals surface area contributed by atoms with Gasteiger partial charge in [0.2, 0.25) is 0 Å². The lowest BCUT2D eigenvalue weighted by Gasteiger charge is -2.21. The van der Waals surface area contributed by atoms with Gasteiger partial charge in [-0.25, -0.2) is 0 Å². The molecule has 7 heteroatoms. The van der Waals surface area contributed by atoms with Crippen LogP contribution in [0, 0.1) is 0 Å². The summed E-state index contributed by atoms with van der Waals surface area (Å²) in [6.45, 7) is 4.80. The van der Waals surface area contributed by atoms with Crippen LogP contribution in [0.2, 0.25) is 5.02 Å². The third kappa shape index (κ3) is 2.63. The molecule has 2 aromatic heterocycles. The Bertz CT molecular complexity index is 692. The first-order valence-electron chi connectivity index (χ1n) is 7.44. The maximum atomic E-state index is 12.7. The molecule has 0 spiro atoms.